The third-order valence-corrected chi connectivity index (χ3v) is 2.74. The van der Waals surface area contributed by atoms with E-state index in [1.807, 2.05) is 51.1 Å². The lowest BCUT2D eigenvalue weighted by atomic mass is 9.72. The molecule has 0 saturated carbocycles. The molecule has 1 aromatic rings. The van der Waals surface area contributed by atoms with Crippen molar-refractivity contribution >= 4 is 5.97 Å². The molecule has 0 bridgehead atoms. The van der Waals surface area contributed by atoms with Crippen molar-refractivity contribution in [3.05, 3.63) is 35.9 Å². The van der Waals surface area contributed by atoms with E-state index in [-0.39, 0.29) is 11.3 Å². The zero-order valence-electron chi connectivity index (χ0n) is 9.97. The number of carboxylic acid groups (broad SMARTS) is 1. The fourth-order valence-electron chi connectivity index (χ4n) is 2.05. The molecule has 2 atom stereocenters. The summed E-state index contributed by atoms with van der Waals surface area (Å²) in [4.78, 5) is 11.0. The van der Waals surface area contributed by atoms with Crippen molar-refractivity contribution in [1.82, 2.24) is 0 Å². The Morgan fingerprint density at radius 2 is 1.75 bits per heavy atom. The first-order chi connectivity index (χ1) is 7.34. The third-order valence-electron chi connectivity index (χ3n) is 2.74. The molecule has 0 spiro atoms. The quantitative estimate of drug-likeness (QED) is 0.822. The molecule has 0 aliphatic rings. The van der Waals surface area contributed by atoms with Gasteiger partial charge in [-0.3, -0.25) is 4.79 Å². The number of hydrogen-bond acceptors (Lipinski definition) is 2. The average Bonchev–Trinajstić information content (AvgIpc) is 2.17. The van der Waals surface area contributed by atoms with Gasteiger partial charge in [-0.2, -0.15) is 0 Å². The Morgan fingerprint density at radius 3 is 2.12 bits per heavy atom. The second-order valence-electron chi connectivity index (χ2n) is 5.12. The third kappa shape index (κ3) is 2.83. The maximum atomic E-state index is 11.0. The van der Waals surface area contributed by atoms with Crippen molar-refractivity contribution < 1.29 is 9.90 Å². The molecule has 0 heterocycles. The zero-order chi connectivity index (χ0) is 12.3. The Hall–Kier alpha value is -1.35. The summed E-state index contributed by atoms with van der Waals surface area (Å²) in [6.45, 7) is 6.02. The Morgan fingerprint density at radius 1 is 1.25 bits per heavy atom. The van der Waals surface area contributed by atoms with Crippen LogP contribution in [0.4, 0.5) is 0 Å². The first-order valence-electron chi connectivity index (χ1n) is 5.37. The van der Waals surface area contributed by atoms with Gasteiger partial charge in [0.25, 0.3) is 0 Å². The molecule has 0 amide bonds. The van der Waals surface area contributed by atoms with E-state index in [0.717, 1.165) is 5.56 Å². The van der Waals surface area contributed by atoms with Crippen LogP contribution in [0.5, 0.6) is 0 Å². The van der Waals surface area contributed by atoms with Crippen molar-refractivity contribution in [1.29, 1.82) is 0 Å². The standard InChI is InChI=1S/C13H19NO2/c1-13(2,3)10(11(14)12(15)16)9-7-5-4-6-8-9/h4-8,10-11H,14H2,1-3H3,(H,15,16). The first-order valence-corrected chi connectivity index (χ1v) is 5.37. The molecule has 3 heteroatoms. The van der Waals surface area contributed by atoms with E-state index in [0.29, 0.717) is 0 Å². The maximum Gasteiger partial charge on any atom is 0.321 e. The summed E-state index contributed by atoms with van der Waals surface area (Å²) >= 11 is 0. The van der Waals surface area contributed by atoms with Gasteiger partial charge < -0.3 is 10.8 Å². The molecule has 0 aromatic heterocycles. The summed E-state index contributed by atoms with van der Waals surface area (Å²) in [6.07, 6.45) is 0. The summed E-state index contributed by atoms with van der Waals surface area (Å²) in [5.74, 6) is -1.14. The van der Waals surface area contributed by atoms with E-state index >= 15 is 0 Å². The predicted octanol–water partition coefficient (Wildman–Crippen LogP) is 2.23. The van der Waals surface area contributed by atoms with Crippen LogP contribution in [0.1, 0.15) is 32.3 Å². The van der Waals surface area contributed by atoms with Gasteiger partial charge >= 0.3 is 5.97 Å². The Balaban J connectivity index is 3.12. The number of hydrogen-bond donors (Lipinski definition) is 2. The topological polar surface area (TPSA) is 63.3 Å². The minimum Gasteiger partial charge on any atom is -0.480 e. The molecule has 1 rings (SSSR count). The van der Waals surface area contributed by atoms with Crippen LogP contribution in [-0.2, 0) is 4.79 Å². The van der Waals surface area contributed by atoms with Crippen LogP contribution in [-0.4, -0.2) is 17.1 Å². The van der Waals surface area contributed by atoms with Crippen LogP contribution in [0.15, 0.2) is 30.3 Å². The van der Waals surface area contributed by atoms with Crippen molar-refractivity contribution in [3.63, 3.8) is 0 Å². The molecule has 3 N–H and O–H groups in total. The van der Waals surface area contributed by atoms with E-state index in [9.17, 15) is 4.79 Å². The van der Waals surface area contributed by atoms with Gasteiger partial charge in [-0.25, -0.2) is 0 Å². The van der Waals surface area contributed by atoms with Crippen LogP contribution >= 0.6 is 0 Å². The first kappa shape index (κ1) is 12.7. The van der Waals surface area contributed by atoms with Crippen molar-refractivity contribution in [2.24, 2.45) is 11.1 Å². The summed E-state index contributed by atoms with van der Waals surface area (Å²) in [7, 11) is 0. The van der Waals surface area contributed by atoms with Crippen LogP contribution in [0.3, 0.4) is 0 Å². The normalized spacial score (nSPS) is 15.5. The Bertz CT molecular complexity index is 354. The number of carboxylic acids is 1. The number of carbonyl (C=O) groups is 1. The molecule has 0 radical (unpaired) electrons. The predicted molar refractivity (Wildman–Crippen MR) is 64.2 cm³/mol. The van der Waals surface area contributed by atoms with E-state index in [1.54, 1.807) is 0 Å². The van der Waals surface area contributed by atoms with Gasteiger partial charge in [0.05, 0.1) is 0 Å². The van der Waals surface area contributed by atoms with Crippen LogP contribution in [0.25, 0.3) is 0 Å². The molecule has 3 nitrogen and oxygen atoms in total. The average molecular weight is 221 g/mol. The SMILES string of the molecule is CC(C)(C)C(c1ccccc1)C(N)C(=O)O. The highest BCUT2D eigenvalue weighted by Crippen LogP contribution is 2.36. The lowest BCUT2D eigenvalue weighted by Gasteiger charge is -2.33. The molecule has 0 aliphatic carbocycles. The molecule has 0 fully saturated rings. The molecule has 88 valence electrons. The highest BCUT2D eigenvalue weighted by molar-refractivity contribution is 5.74. The molecular weight excluding hydrogens is 202 g/mol. The van der Waals surface area contributed by atoms with E-state index in [1.165, 1.54) is 0 Å². The molecule has 0 saturated heterocycles. The van der Waals surface area contributed by atoms with Crippen molar-refractivity contribution in [3.8, 4) is 0 Å². The summed E-state index contributed by atoms with van der Waals surface area (Å²) in [6, 6.07) is 8.71. The van der Waals surface area contributed by atoms with E-state index in [4.69, 9.17) is 10.8 Å². The van der Waals surface area contributed by atoms with Crippen LogP contribution in [0.2, 0.25) is 0 Å². The van der Waals surface area contributed by atoms with Gasteiger partial charge in [0, 0.05) is 5.92 Å². The van der Waals surface area contributed by atoms with Gasteiger partial charge in [-0.05, 0) is 11.0 Å². The molecule has 1 aromatic carbocycles. The fraction of sp³-hybridized carbons (Fsp3) is 0.462. The van der Waals surface area contributed by atoms with Crippen molar-refractivity contribution in [2.45, 2.75) is 32.7 Å². The van der Waals surface area contributed by atoms with Crippen LogP contribution in [0, 0.1) is 5.41 Å². The van der Waals surface area contributed by atoms with Gasteiger partial charge in [0.15, 0.2) is 0 Å². The zero-order valence-corrected chi connectivity index (χ0v) is 9.97. The van der Waals surface area contributed by atoms with Gasteiger partial charge in [-0.15, -0.1) is 0 Å². The molecular formula is C13H19NO2. The molecule has 0 aliphatic heterocycles. The van der Waals surface area contributed by atoms with Gasteiger partial charge in [0.1, 0.15) is 6.04 Å². The number of nitrogens with two attached hydrogens (primary N) is 1. The number of aliphatic carboxylic acids is 1. The van der Waals surface area contributed by atoms with E-state index in [2.05, 4.69) is 0 Å². The summed E-state index contributed by atoms with van der Waals surface area (Å²) in [5, 5.41) is 9.05. The second-order valence-corrected chi connectivity index (χ2v) is 5.12. The van der Waals surface area contributed by atoms with Crippen molar-refractivity contribution in [2.75, 3.05) is 0 Å². The second kappa shape index (κ2) is 4.66. The number of rotatable bonds is 3. The Kier molecular flexibility index (Phi) is 3.70. The number of benzene rings is 1. The van der Waals surface area contributed by atoms with Gasteiger partial charge in [0.2, 0.25) is 0 Å². The lowest BCUT2D eigenvalue weighted by molar-refractivity contribution is -0.139. The highest BCUT2D eigenvalue weighted by atomic mass is 16.4. The minimum atomic E-state index is -0.955. The fourth-order valence-corrected chi connectivity index (χ4v) is 2.05. The largest absolute Gasteiger partial charge is 0.480 e. The lowest BCUT2D eigenvalue weighted by Crippen LogP contribution is -2.42. The summed E-state index contributed by atoms with van der Waals surface area (Å²) in [5.41, 5.74) is 6.57. The maximum absolute atomic E-state index is 11.0. The smallest absolute Gasteiger partial charge is 0.321 e. The summed E-state index contributed by atoms with van der Waals surface area (Å²) < 4.78 is 0. The molecule has 16 heavy (non-hydrogen) atoms. The molecule has 2 unspecified atom stereocenters. The monoisotopic (exact) mass is 221 g/mol. The Labute approximate surface area is 96.3 Å². The highest BCUT2D eigenvalue weighted by Gasteiger charge is 2.35. The van der Waals surface area contributed by atoms with Gasteiger partial charge in [-0.1, -0.05) is 51.1 Å². The minimum absolute atomic E-state index is 0.181. The van der Waals surface area contributed by atoms with E-state index < -0.39 is 12.0 Å². The van der Waals surface area contributed by atoms with Crippen LogP contribution < -0.4 is 5.73 Å².